The van der Waals surface area contributed by atoms with E-state index in [-0.39, 0.29) is 22.3 Å². The largest absolute Gasteiger partial charge is 0.293 e. The maximum Gasteiger partial charge on any atom is 0.235 e. The van der Waals surface area contributed by atoms with E-state index in [4.69, 9.17) is 0 Å². The molecule has 2 fully saturated rings. The van der Waals surface area contributed by atoms with Crippen LogP contribution in [0.25, 0.3) is 0 Å². The molecule has 3 rings (SSSR count). The number of rotatable bonds is 2. The topological polar surface area (TPSA) is 46.4 Å². The first-order valence-electron chi connectivity index (χ1n) is 7.93. The summed E-state index contributed by atoms with van der Waals surface area (Å²) < 4.78 is 0. The van der Waals surface area contributed by atoms with E-state index >= 15 is 0 Å². The van der Waals surface area contributed by atoms with Gasteiger partial charge >= 0.3 is 0 Å². The van der Waals surface area contributed by atoms with Crippen molar-refractivity contribution in [3.8, 4) is 0 Å². The van der Waals surface area contributed by atoms with Crippen LogP contribution in [0.2, 0.25) is 0 Å². The molecule has 2 aliphatic rings. The molecule has 0 bridgehead atoms. The fraction of sp³-hybridized carbons (Fsp3) is 0.647. The Balaban J connectivity index is 2.03. The molecule has 2 saturated heterocycles. The summed E-state index contributed by atoms with van der Waals surface area (Å²) in [6.45, 7) is 6.35. The molecule has 0 aromatic heterocycles. The maximum absolute atomic E-state index is 11.9. The predicted molar refractivity (Wildman–Crippen MR) is 83.0 cm³/mol. The molecular formula is C17H24N2O2. The molecule has 0 radical (unpaired) electrons. The van der Waals surface area contributed by atoms with Gasteiger partial charge in [0.1, 0.15) is 0 Å². The molecule has 4 heteroatoms. The molecule has 3 atom stereocenters. The molecular weight excluding hydrogens is 264 g/mol. The third-order valence-corrected chi connectivity index (χ3v) is 5.25. The molecule has 1 aromatic rings. The van der Waals surface area contributed by atoms with E-state index in [2.05, 4.69) is 30.9 Å². The van der Waals surface area contributed by atoms with Crippen molar-refractivity contribution in [1.82, 2.24) is 4.90 Å². The summed E-state index contributed by atoms with van der Waals surface area (Å²) in [5, 5.41) is 11.9. The zero-order valence-electron chi connectivity index (χ0n) is 12.9. The Kier molecular flexibility index (Phi) is 3.74. The Morgan fingerprint density at radius 3 is 2.62 bits per heavy atom. The van der Waals surface area contributed by atoms with Crippen molar-refractivity contribution in [2.75, 3.05) is 13.1 Å². The highest BCUT2D eigenvalue weighted by atomic mass is 16.6. The first-order chi connectivity index (χ1) is 10.0. The van der Waals surface area contributed by atoms with Crippen molar-refractivity contribution in [2.24, 2.45) is 5.41 Å². The van der Waals surface area contributed by atoms with Crippen LogP contribution in [0.3, 0.4) is 0 Å². The van der Waals surface area contributed by atoms with Gasteiger partial charge in [0.2, 0.25) is 6.04 Å². The van der Waals surface area contributed by atoms with Gasteiger partial charge in [0.25, 0.3) is 0 Å². The number of hydrogen-bond donors (Lipinski definition) is 0. The Labute approximate surface area is 126 Å². The number of benzene rings is 1. The summed E-state index contributed by atoms with van der Waals surface area (Å²) in [5.41, 5.74) is 1.04. The monoisotopic (exact) mass is 288 g/mol. The Morgan fingerprint density at radius 2 is 1.95 bits per heavy atom. The molecule has 0 N–H and O–H groups in total. The van der Waals surface area contributed by atoms with Crippen molar-refractivity contribution in [3.05, 3.63) is 46.0 Å². The van der Waals surface area contributed by atoms with E-state index in [0.29, 0.717) is 0 Å². The molecule has 0 spiro atoms. The molecule has 4 nitrogen and oxygen atoms in total. The van der Waals surface area contributed by atoms with Gasteiger partial charge in [0.15, 0.2) is 0 Å². The SMILES string of the molecule is CC1(C)CN2CCCC[C@H]2[C@H]([N+](=O)[O-])[C@H]1c1ccccc1. The van der Waals surface area contributed by atoms with Gasteiger partial charge in [-0.25, -0.2) is 0 Å². The van der Waals surface area contributed by atoms with Gasteiger partial charge in [-0.15, -0.1) is 0 Å². The summed E-state index contributed by atoms with van der Waals surface area (Å²) in [7, 11) is 0. The molecule has 0 saturated carbocycles. The number of hydrogen-bond acceptors (Lipinski definition) is 3. The summed E-state index contributed by atoms with van der Waals surface area (Å²) in [5.74, 6) is -0.00644. The minimum absolute atomic E-state index is 0.00644. The zero-order chi connectivity index (χ0) is 15.0. The molecule has 1 aromatic carbocycles. The summed E-state index contributed by atoms with van der Waals surface area (Å²) in [4.78, 5) is 14.2. The minimum atomic E-state index is -0.489. The number of fused-ring (bicyclic) bond motifs is 1. The van der Waals surface area contributed by atoms with Gasteiger partial charge in [-0.2, -0.15) is 0 Å². The van der Waals surface area contributed by atoms with Crippen LogP contribution < -0.4 is 0 Å². The lowest BCUT2D eigenvalue weighted by Gasteiger charge is -2.51. The molecule has 2 heterocycles. The predicted octanol–water partition coefficient (Wildman–Crippen LogP) is 3.31. The minimum Gasteiger partial charge on any atom is -0.293 e. The number of piperidine rings is 2. The van der Waals surface area contributed by atoms with Gasteiger partial charge in [-0.05, 0) is 30.4 Å². The van der Waals surface area contributed by atoms with E-state index in [1.165, 1.54) is 6.42 Å². The van der Waals surface area contributed by atoms with E-state index in [1.54, 1.807) is 0 Å². The lowest BCUT2D eigenvalue weighted by Crippen LogP contribution is -2.62. The second-order valence-corrected chi connectivity index (χ2v) is 7.19. The van der Waals surface area contributed by atoms with Gasteiger partial charge < -0.3 is 0 Å². The van der Waals surface area contributed by atoms with Crippen molar-refractivity contribution in [1.29, 1.82) is 0 Å². The van der Waals surface area contributed by atoms with Gasteiger partial charge in [0, 0.05) is 11.5 Å². The quantitative estimate of drug-likeness (QED) is 0.619. The van der Waals surface area contributed by atoms with E-state index in [0.717, 1.165) is 31.5 Å². The normalized spacial score (nSPS) is 32.4. The lowest BCUT2D eigenvalue weighted by molar-refractivity contribution is -0.543. The van der Waals surface area contributed by atoms with Crippen LogP contribution in [0.15, 0.2) is 30.3 Å². The van der Waals surface area contributed by atoms with Crippen LogP contribution in [0.5, 0.6) is 0 Å². The lowest BCUT2D eigenvalue weighted by atomic mass is 9.64. The van der Waals surface area contributed by atoms with Crippen LogP contribution >= 0.6 is 0 Å². The summed E-state index contributed by atoms with van der Waals surface area (Å²) in [6, 6.07) is 9.70. The summed E-state index contributed by atoms with van der Waals surface area (Å²) in [6.07, 6.45) is 3.26. The third kappa shape index (κ3) is 2.57. The molecule has 114 valence electrons. The van der Waals surface area contributed by atoms with Crippen LogP contribution in [0.4, 0.5) is 0 Å². The Hall–Kier alpha value is -1.42. The van der Waals surface area contributed by atoms with E-state index < -0.39 is 6.04 Å². The molecule has 0 unspecified atom stereocenters. The maximum atomic E-state index is 11.9. The van der Waals surface area contributed by atoms with Crippen molar-refractivity contribution in [2.45, 2.75) is 51.1 Å². The second kappa shape index (κ2) is 5.41. The van der Waals surface area contributed by atoms with Crippen LogP contribution in [-0.2, 0) is 0 Å². The number of nitrogens with zero attached hydrogens (tertiary/aromatic N) is 2. The fourth-order valence-corrected chi connectivity index (χ4v) is 4.48. The molecule has 21 heavy (non-hydrogen) atoms. The highest BCUT2D eigenvalue weighted by Gasteiger charge is 2.54. The van der Waals surface area contributed by atoms with Crippen LogP contribution in [0.1, 0.15) is 44.6 Å². The van der Waals surface area contributed by atoms with Crippen molar-refractivity contribution >= 4 is 0 Å². The van der Waals surface area contributed by atoms with Crippen molar-refractivity contribution in [3.63, 3.8) is 0 Å². The number of nitro groups is 1. The van der Waals surface area contributed by atoms with Gasteiger partial charge in [-0.3, -0.25) is 15.0 Å². The highest BCUT2D eigenvalue weighted by molar-refractivity contribution is 5.25. The highest BCUT2D eigenvalue weighted by Crippen LogP contribution is 2.47. The first-order valence-corrected chi connectivity index (χ1v) is 7.93. The van der Waals surface area contributed by atoms with Gasteiger partial charge in [-0.1, -0.05) is 50.6 Å². The molecule has 0 aliphatic carbocycles. The fourth-order valence-electron chi connectivity index (χ4n) is 4.48. The molecule has 2 aliphatic heterocycles. The van der Waals surface area contributed by atoms with Crippen molar-refractivity contribution < 1.29 is 4.92 Å². The zero-order valence-corrected chi connectivity index (χ0v) is 12.9. The molecule has 0 amide bonds. The summed E-state index contributed by atoms with van der Waals surface area (Å²) >= 11 is 0. The van der Waals surface area contributed by atoms with Gasteiger partial charge in [0.05, 0.1) is 12.0 Å². The van der Waals surface area contributed by atoms with E-state index in [9.17, 15) is 10.1 Å². The average Bonchev–Trinajstić information content (AvgIpc) is 2.45. The first kappa shape index (κ1) is 14.5. The Morgan fingerprint density at radius 1 is 1.24 bits per heavy atom. The Bertz CT molecular complexity index is 515. The standard InChI is InChI=1S/C17H24N2O2/c1-17(2)12-18-11-7-6-10-14(18)16(19(20)21)15(17)13-8-4-3-5-9-13/h3-5,8-9,14-16H,6-7,10-12H2,1-2H3/t14-,15+,16-/m0/s1. The van der Waals surface area contributed by atoms with E-state index in [1.807, 2.05) is 18.2 Å². The average molecular weight is 288 g/mol. The smallest absolute Gasteiger partial charge is 0.235 e. The van der Waals surface area contributed by atoms with Crippen LogP contribution in [-0.4, -0.2) is 35.0 Å². The van der Waals surface area contributed by atoms with Crippen LogP contribution in [0, 0.1) is 15.5 Å². The second-order valence-electron chi connectivity index (χ2n) is 7.19. The third-order valence-electron chi connectivity index (χ3n) is 5.25.